The molecule has 2 aliphatic heterocycles. The molecule has 1 saturated heterocycles. The summed E-state index contributed by atoms with van der Waals surface area (Å²) in [7, 11) is 0. The van der Waals surface area contributed by atoms with Crippen molar-refractivity contribution in [3.05, 3.63) is 59.4 Å². The second-order valence-electron chi connectivity index (χ2n) is 6.89. The summed E-state index contributed by atoms with van der Waals surface area (Å²) in [5, 5.41) is 4.04. The van der Waals surface area contributed by atoms with Gasteiger partial charge >= 0.3 is 0 Å². The Hall–Kier alpha value is -2.34. The first kappa shape index (κ1) is 18.0. The van der Waals surface area contributed by atoms with E-state index in [1.807, 2.05) is 6.07 Å². The quantitative estimate of drug-likeness (QED) is 0.800. The molecule has 0 aliphatic carbocycles. The molecule has 2 heterocycles. The van der Waals surface area contributed by atoms with Gasteiger partial charge in [0.2, 0.25) is 0 Å². The van der Waals surface area contributed by atoms with Crippen LogP contribution in [-0.4, -0.2) is 29.8 Å². The van der Waals surface area contributed by atoms with Crippen molar-refractivity contribution in [1.29, 1.82) is 0 Å². The van der Waals surface area contributed by atoms with E-state index in [0.29, 0.717) is 19.8 Å². The average molecular weight is 386 g/mol. The molecule has 1 fully saturated rings. The van der Waals surface area contributed by atoms with Gasteiger partial charge in [0.05, 0.1) is 19.3 Å². The Morgan fingerprint density at radius 2 is 1.85 bits per heavy atom. The Balaban J connectivity index is 1.44. The zero-order valence-electron chi connectivity index (χ0n) is 15.1. The van der Waals surface area contributed by atoms with Gasteiger partial charge in [-0.3, -0.25) is 0 Å². The maximum absolute atomic E-state index is 13.0. The van der Waals surface area contributed by atoms with E-state index in [0.717, 1.165) is 48.0 Å². The molecular formula is C21H23FN2O2S. The van der Waals surface area contributed by atoms with Crippen molar-refractivity contribution in [1.82, 2.24) is 10.2 Å². The second kappa shape index (κ2) is 8.13. The third-order valence-corrected chi connectivity index (χ3v) is 5.41. The first-order chi connectivity index (χ1) is 13.2. The fraction of sp³-hybridized carbons (Fsp3) is 0.381. The van der Waals surface area contributed by atoms with Gasteiger partial charge in [-0.25, -0.2) is 4.39 Å². The minimum absolute atomic E-state index is 0.227. The van der Waals surface area contributed by atoms with E-state index in [1.54, 1.807) is 12.1 Å². The highest BCUT2D eigenvalue weighted by molar-refractivity contribution is 7.80. The topological polar surface area (TPSA) is 33.7 Å². The molecule has 1 atom stereocenters. The third kappa shape index (κ3) is 4.16. The van der Waals surface area contributed by atoms with E-state index in [9.17, 15) is 4.39 Å². The van der Waals surface area contributed by atoms with Crippen molar-refractivity contribution in [3.8, 4) is 11.5 Å². The summed E-state index contributed by atoms with van der Waals surface area (Å²) >= 11 is 5.64. The second-order valence-corrected chi connectivity index (χ2v) is 7.28. The SMILES string of the molecule is Fc1ccc(CNC(=S)N2CCC[C@@H]2c2ccc3c(c2)OCCCO3)cc1. The minimum Gasteiger partial charge on any atom is -0.490 e. The number of thiocarbonyl (C=S) groups is 1. The molecule has 142 valence electrons. The molecule has 2 aromatic rings. The van der Waals surface area contributed by atoms with E-state index < -0.39 is 0 Å². The van der Waals surface area contributed by atoms with Crippen LogP contribution in [0.2, 0.25) is 0 Å². The molecule has 27 heavy (non-hydrogen) atoms. The van der Waals surface area contributed by atoms with Gasteiger partial charge in [-0.2, -0.15) is 0 Å². The summed E-state index contributed by atoms with van der Waals surface area (Å²) in [5.41, 5.74) is 2.20. The lowest BCUT2D eigenvalue weighted by Crippen LogP contribution is -2.38. The van der Waals surface area contributed by atoms with Gasteiger partial charge in [0, 0.05) is 19.5 Å². The molecule has 0 bridgehead atoms. The number of halogens is 1. The number of fused-ring (bicyclic) bond motifs is 1. The fourth-order valence-corrected chi connectivity index (χ4v) is 3.92. The van der Waals surface area contributed by atoms with Crippen LogP contribution in [0, 0.1) is 5.82 Å². The molecule has 2 aromatic carbocycles. The van der Waals surface area contributed by atoms with E-state index >= 15 is 0 Å². The smallest absolute Gasteiger partial charge is 0.169 e. The number of nitrogens with zero attached hydrogens (tertiary/aromatic N) is 1. The normalized spacial score (nSPS) is 18.9. The van der Waals surface area contributed by atoms with Gasteiger partial charge in [-0.1, -0.05) is 18.2 Å². The molecule has 4 nitrogen and oxygen atoms in total. The molecular weight excluding hydrogens is 363 g/mol. The van der Waals surface area contributed by atoms with Crippen molar-refractivity contribution >= 4 is 17.3 Å². The first-order valence-electron chi connectivity index (χ1n) is 9.39. The number of benzene rings is 2. The van der Waals surface area contributed by atoms with Gasteiger partial charge in [-0.15, -0.1) is 0 Å². The zero-order chi connectivity index (χ0) is 18.6. The van der Waals surface area contributed by atoms with Crippen LogP contribution in [0.25, 0.3) is 0 Å². The van der Waals surface area contributed by atoms with Crippen molar-refractivity contribution in [2.24, 2.45) is 0 Å². The zero-order valence-corrected chi connectivity index (χ0v) is 15.9. The van der Waals surface area contributed by atoms with Crippen LogP contribution < -0.4 is 14.8 Å². The Kier molecular flexibility index (Phi) is 5.43. The van der Waals surface area contributed by atoms with Gasteiger partial charge < -0.3 is 19.7 Å². The van der Waals surface area contributed by atoms with Gasteiger partial charge in [-0.05, 0) is 60.5 Å². The Morgan fingerprint density at radius 3 is 2.67 bits per heavy atom. The van der Waals surface area contributed by atoms with Crippen molar-refractivity contribution < 1.29 is 13.9 Å². The van der Waals surface area contributed by atoms with Crippen LogP contribution in [-0.2, 0) is 6.54 Å². The maximum atomic E-state index is 13.0. The largest absolute Gasteiger partial charge is 0.490 e. The lowest BCUT2D eigenvalue weighted by atomic mass is 10.0. The maximum Gasteiger partial charge on any atom is 0.169 e. The summed E-state index contributed by atoms with van der Waals surface area (Å²) in [6.07, 6.45) is 3.05. The van der Waals surface area contributed by atoms with Crippen LogP contribution in [0.1, 0.15) is 36.4 Å². The molecule has 2 aliphatic rings. The predicted molar refractivity (Wildman–Crippen MR) is 107 cm³/mol. The number of likely N-dealkylation sites (tertiary alicyclic amines) is 1. The Morgan fingerprint density at radius 1 is 1.07 bits per heavy atom. The summed E-state index contributed by atoms with van der Waals surface area (Å²) in [6, 6.07) is 12.9. The van der Waals surface area contributed by atoms with Crippen LogP contribution >= 0.6 is 12.2 Å². The molecule has 6 heteroatoms. The average Bonchev–Trinajstić information content (AvgIpc) is 3.06. The lowest BCUT2D eigenvalue weighted by Gasteiger charge is -2.28. The van der Waals surface area contributed by atoms with Gasteiger partial charge in [0.15, 0.2) is 16.6 Å². The van der Waals surface area contributed by atoms with Gasteiger partial charge in [0.1, 0.15) is 5.82 Å². The highest BCUT2D eigenvalue weighted by Gasteiger charge is 2.28. The van der Waals surface area contributed by atoms with Crippen molar-refractivity contribution in [2.45, 2.75) is 31.8 Å². The molecule has 0 amide bonds. The third-order valence-electron chi connectivity index (χ3n) is 5.03. The Labute approximate surface area is 164 Å². The standard InChI is InChI=1S/C21H23FN2O2S/c22-17-7-4-15(5-8-17)14-23-21(27)24-10-1-3-18(24)16-6-9-19-20(13-16)26-12-2-11-25-19/h4-9,13,18H,1-3,10-12,14H2,(H,23,27)/t18-/m1/s1. The molecule has 0 aromatic heterocycles. The molecule has 0 saturated carbocycles. The molecule has 4 rings (SSSR count). The summed E-state index contributed by atoms with van der Waals surface area (Å²) in [6.45, 7) is 2.89. The van der Waals surface area contributed by atoms with Crippen LogP contribution in [0.4, 0.5) is 4.39 Å². The lowest BCUT2D eigenvalue weighted by molar-refractivity contribution is 0.296. The minimum atomic E-state index is -0.227. The highest BCUT2D eigenvalue weighted by atomic mass is 32.1. The number of rotatable bonds is 3. The van der Waals surface area contributed by atoms with E-state index in [2.05, 4.69) is 22.3 Å². The van der Waals surface area contributed by atoms with Crippen molar-refractivity contribution in [2.75, 3.05) is 19.8 Å². The monoisotopic (exact) mass is 386 g/mol. The molecule has 0 radical (unpaired) electrons. The van der Waals surface area contributed by atoms with E-state index in [4.69, 9.17) is 21.7 Å². The first-order valence-corrected chi connectivity index (χ1v) is 9.80. The van der Waals surface area contributed by atoms with Crippen molar-refractivity contribution in [3.63, 3.8) is 0 Å². The molecule has 1 N–H and O–H groups in total. The van der Waals surface area contributed by atoms with Crippen LogP contribution in [0.5, 0.6) is 11.5 Å². The highest BCUT2D eigenvalue weighted by Crippen LogP contribution is 2.37. The number of nitrogens with one attached hydrogen (secondary N) is 1. The molecule has 0 spiro atoms. The number of hydrogen-bond donors (Lipinski definition) is 1. The van der Waals surface area contributed by atoms with Crippen LogP contribution in [0.3, 0.4) is 0 Å². The Bertz CT molecular complexity index is 812. The van der Waals surface area contributed by atoms with Crippen LogP contribution in [0.15, 0.2) is 42.5 Å². The summed E-state index contributed by atoms with van der Waals surface area (Å²) in [4.78, 5) is 2.23. The van der Waals surface area contributed by atoms with Gasteiger partial charge in [0.25, 0.3) is 0 Å². The number of ether oxygens (including phenoxy) is 2. The van der Waals surface area contributed by atoms with E-state index in [-0.39, 0.29) is 11.9 Å². The molecule has 0 unspecified atom stereocenters. The van der Waals surface area contributed by atoms with E-state index in [1.165, 1.54) is 17.7 Å². The summed E-state index contributed by atoms with van der Waals surface area (Å²) < 4.78 is 24.6. The number of hydrogen-bond acceptors (Lipinski definition) is 3. The summed E-state index contributed by atoms with van der Waals surface area (Å²) in [5.74, 6) is 1.41. The predicted octanol–water partition coefficient (Wildman–Crippen LogP) is 4.20. The fourth-order valence-electron chi connectivity index (χ4n) is 3.62.